The third kappa shape index (κ3) is 3.24. The van der Waals surface area contributed by atoms with Crippen molar-refractivity contribution in [1.82, 2.24) is 9.47 Å². The number of aromatic nitrogens is 1. The molecule has 5 rings (SSSR count). The van der Waals surface area contributed by atoms with E-state index in [1.165, 1.54) is 12.1 Å². The van der Waals surface area contributed by atoms with Gasteiger partial charge in [0.2, 0.25) is 0 Å². The fourth-order valence-corrected chi connectivity index (χ4v) is 4.05. The van der Waals surface area contributed by atoms with Crippen LogP contribution in [-0.2, 0) is 6.54 Å². The number of benzene rings is 3. The highest BCUT2D eigenvalue weighted by Gasteiger charge is 2.32. The summed E-state index contributed by atoms with van der Waals surface area (Å²) in [7, 11) is 0. The first-order valence-electron chi connectivity index (χ1n) is 9.84. The van der Waals surface area contributed by atoms with Gasteiger partial charge in [0.15, 0.2) is 0 Å². The van der Waals surface area contributed by atoms with Gasteiger partial charge >= 0.3 is 6.03 Å². The van der Waals surface area contributed by atoms with Crippen molar-refractivity contribution < 1.29 is 9.18 Å². The molecule has 1 unspecified atom stereocenters. The maximum Gasteiger partial charge on any atom is 0.322 e. The summed E-state index contributed by atoms with van der Waals surface area (Å²) >= 11 is 0. The van der Waals surface area contributed by atoms with Gasteiger partial charge < -0.3 is 14.8 Å². The second-order valence-electron chi connectivity index (χ2n) is 7.31. The van der Waals surface area contributed by atoms with E-state index in [2.05, 4.69) is 16.0 Å². The first-order valence-corrected chi connectivity index (χ1v) is 9.84. The van der Waals surface area contributed by atoms with Crippen molar-refractivity contribution in [2.24, 2.45) is 0 Å². The van der Waals surface area contributed by atoms with Gasteiger partial charge in [-0.05, 0) is 53.6 Å². The summed E-state index contributed by atoms with van der Waals surface area (Å²) in [6, 6.07) is 27.2. The number of hydrogen-bond donors (Lipinski definition) is 1. The number of rotatable bonds is 2. The molecule has 0 saturated heterocycles. The molecular formula is C25H20FN3O. The zero-order valence-electron chi connectivity index (χ0n) is 16.2. The quantitative estimate of drug-likeness (QED) is 0.459. The number of carbonyl (C=O) groups excluding carboxylic acids is 1. The number of anilines is 1. The molecule has 5 heteroatoms. The molecule has 30 heavy (non-hydrogen) atoms. The largest absolute Gasteiger partial charge is 0.322 e. The fourth-order valence-electron chi connectivity index (χ4n) is 4.05. The molecule has 0 saturated carbocycles. The molecular weight excluding hydrogens is 377 g/mol. The van der Waals surface area contributed by atoms with Gasteiger partial charge in [-0.1, -0.05) is 48.5 Å². The van der Waals surface area contributed by atoms with Crippen molar-refractivity contribution in [1.29, 1.82) is 0 Å². The van der Waals surface area contributed by atoms with Crippen LogP contribution in [-0.4, -0.2) is 15.5 Å². The molecule has 148 valence electrons. The summed E-state index contributed by atoms with van der Waals surface area (Å²) in [5.74, 6) is -0.300. The Morgan fingerprint density at radius 1 is 0.867 bits per heavy atom. The van der Waals surface area contributed by atoms with Crippen LogP contribution in [0, 0.1) is 5.82 Å². The number of nitrogens with zero attached hydrogens (tertiary/aromatic N) is 2. The Bertz CT molecular complexity index is 1180. The third-order valence-electron chi connectivity index (χ3n) is 5.44. The summed E-state index contributed by atoms with van der Waals surface area (Å²) in [4.78, 5) is 15.2. The lowest BCUT2D eigenvalue weighted by molar-refractivity contribution is 0.194. The molecule has 1 atom stereocenters. The summed E-state index contributed by atoms with van der Waals surface area (Å²) in [6.45, 7) is 0.429. The second-order valence-corrected chi connectivity index (χ2v) is 7.31. The summed E-state index contributed by atoms with van der Waals surface area (Å²) < 4.78 is 15.7. The number of carbonyl (C=O) groups is 1. The Morgan fingerprint density at radius 3 is 2.40 bits per heavy atom. The van der Waals surface area contributed by atoms with E-state index in [-0.39, 0.29) is 17.9 Å². The SMILES string of the molecule is O=C(Nc1ccccc1)N1Cc2ccccc2-n2cccc2C1c1ccc(F)cc1. The Balaban J connectivity index is 1.64. The van der Waals surface area contributed by atoms with Crippen LogP contribution in [0.5, 0.6) is 0 Å². The smallest absolute Gasteiger partial charge is 0.318 e. The average molecular weight is 397 g/mol. The molecule has 1 N–H and O–H groups in total. The van der Waals surface area contributed by atoms with E-state index in [1.54, 1.807) is 17.0 Å². The lowest BCUT2D eigenvalue weighted by Gasteiger charge is -2.31. The van der Waals surface area contributed by atoms with Gasteiger partial charge in [0, 0.05) is 17.6 Å². The molecule has 1 aliphatic heterocycles. The topological polar surface area (TPSA) is 37.3 Å². The lowest BCUT2D eigenvalue weighted by atomic mass is 10.0. The maximum atomic E-state index is 13.6. The molecule has 4 aromatic rings. The molecule has 0 aliphatic carbocycles. The predicted octanol–water partition coefficient (Wildman–Crippen LogP) is 5.75. The molecule has 4 nitrogen and oxygen atoms in total. The van der Waals surface area contributed by atoms with E-state index in [0.29, 0.717) is 6.54 Å². The maximum absolute atomic E-state index is 13.6. The van der Waals surface area contributed by atoms with Crippen LogP contribution in [0.1, 0.15) is 22.9 Å². The minimum Gasteiger partial charge on any atom is -0.318 e. The van der Waals surface area contributed by atoms with E-state index in [4.69, 9.17) is 0 Å². The normalized spacial score (nSPS) is 15.1. The molecule has 2 heterocycles. The first-order chi connectivity index (χ1) is 14.7. The van der Waals surface area contributed by atoms with Crippen LogP contribution in [0.25, 0.3) is 5.69 Å². The van der Waals surface area contributed by atoms with Crippen molar-refractivity contribution in [3.63, 3.8) is 0 Å². The average Bonchev–Trinajstić information content (AvgIpc) is 3.20. The van der Waals surface area contributed by atoms with Crippen LogP contribution in [0.15, 0.2) is 97.2 Å². The summed E-state index contributed by atoms with van der Waals surface area (Å²) in [5.41, 5.74) is 4.62. The number of urea groups is 1. The van der Waals surface area contributed by atoms with Crippen molar-refractivity contribution >= 4 is 11.7 Å². The first kappa shape index (κ1) is 18.2. The number of nitrogens with one attached hydrogen (secondary N) is 1. The number of hydrogen-bond acceptors (Lipinski definition) is 1. The van der Waals surface area contributed by atoms with Crippen molar-refractivity contribution in [3.8, 4) is 5.69 Å². The standard InChI is InChI=1S/C25H20FN3O/c26-20-14-12-18(13-15-20)24-23-11-6-16-28(23)22-10-5-4-7-19(22)17-29(24)25(30)27-21-8-2-1-3-9-21/h1-16,24H,17H2,(H,27,30). The lowest BCUT2D eigenvalue weighted by Crippen LogP contribution is -2.37. The van der Waals surface area contributed by atoms with Gasteiger partial charge in [-0.25, -0.2) is 9.18 Å². The van der Waals surface area contributed by atoms with Crippen LogP contribution in [0.2, 0.25) is 0 Å². The Hall–Kier alpha value is -3.86. The summed E-state index contributed by atoms with van der Waals surface area (Å²) in [6.07, 6.45) is 2.00. The third-order valence-corrected chi connectivity index (χ3v) is 5.44. The van der Waals surface area contributed by atoms with Crippen molar-refractivity contribution in [3.05, 3.63) is 120 Å². The van der Waals surface area contributed by atoms with Crippen LogP contribution in [0.4, 0.5) is 14.9 Å². The van der Waals surface area contributed by atoms with Crippen LogP contribution >= 0.6 is 0 Å². The monoisotopic (exact) mass is 397 g/mol. The number of para-hydroxylation sites is 2. The van der Waals surface area contributed by atoms with E-state index in [1.807, 2.05) is 66.9 Å². The van der Waals surface area contributed by atoms with E-state index >= 15 is 0 Å². The molecule has 1 aromatic heterocycles. The zero-order valence-corrected chi connectivity index (χ0v) is 16.2. The van der Waals surface area contributed by atoms with E-state index < -0.39 is 0 Å². The zero-order chi connectivity index (χ0) is 20.5. The Kier molecular flexibility index (Phi) is 4.56. The predicted molar refractivity (Wildman–Crippen MR) is 115 cm³/mol. The van der Waals surface area contributed by atoms with Crippen molar-refractivity contribution in [2.45, 2.75) is 12.6 Å². The van der Waals surface area contributed by atoms with E-state index in [0.717, 1.165) is 28.2 Å². The van der Waals surface area contributed by atoms with E-state index in [9.17, 15) is 9.18 Å². The van der Waals surface area contributed by atoms with Gasteiger partial charge in [0.05, 0.1) is 18.3 Å². The highest BCUT2D eigenvalue weighted by atomic mass is 19.1. The summed E-state index contributed by atoms with van der Waals surface area (Å²) in [5, 5.41) is 3.01. The van der Waals surface area contributed by atoms with Gasteiger partial charge in [-0.15, -0.1) is 0 Å². The van der Waals surface area contributed by atoms with Gasteiger partial charge in [-0.3, -0.25) is 0 Å². The molecule has 0 fully saturated rings. The number of halogens is 1. The van der Waals surface area contributed by atoms with Gasteiger partial charge in [0.25, 0.3) is 0 Å². The molecule has 3 aromatic carbocycles. The number of fused-ring (bicyclic) bond motifs is 3. The molecule has 1 aliphatic rings. The van der Waals surface area contributed by atoms with Crippen LogP contribution in [0.3, 0.4) is 0 Å². The molecule has 0 spiro atoms. The van der Waals surface area contributed by atoms with Crippen LogP contribution < -0.4 is 5.32 Å². The molecule has 0 radical (unpaired) electrons. The molecule has 2 amide bonds. The fraction of sp³-hybridized carbons (Fsp3) is 0.0800. The second kappa shape index (κ2) is 7.52. The Morgan fingerprint density at radius 2 is 1.60 bits per heavy atom. The highest BCUT2D eigenvalue weighted by molar-refractivity contribution is 5.90. The van der Waals surface area contributed by atoms with Gasteiger partial charge in [-0.2, -0.15) is 0 Å². The minimum absolute atomic E-state index is 0.208. The Labute approximate surface area is 174 Å². The number of amides is 2. The van der Waals surface area contributed by atoms with Crippen molar-refractivity contribution in [2.75, 3.05) is 5.32 Å². The highest BCUT2D eigenvalue weighted by Crippen LogP contribution is 2.36. The minimum atomic E-state index is -0.364. The molecule has 0 bridgehead atoms. The van der Waals surface area contributed by atoms with Gasteiger partial charge in [0.1, 0.15) is 5.82 Å².